The van der Waals surface area contributed by atoms with Gasteiger partial charge < -0.3 is 10.2 Å². The lowest BCUT2D eigenvalue weighted by molar-refractivity contribution is -0.133. The number of carbonyl (C=O) groups excluding carboxylic acids is 2. The topological polar surface area (TPSA) is 86.1 Å². The number of hydrogen-bond donors (Lipinski definition) is 1. The number of hydrogen-bond acceptors (Lipinski definition) is 4. The van der Waals surface area contributed by atoms with Crippen molar-refractivity contribution >= 4 is 35.6 Å². The Labute approximate surface area is 211 Å². The smallest absolute Gasteiger partial charge is 0.269 e. The van der Waals surface area contributed by atoms with Gasteiger partial charge in [0.05, 0.1) is 25.6 Å². The summed E-state index contributed by atoms with van der Waals surface area (Å²) in [5.41, 5.74) is 0.0853. The van der Waals surface area contributed by atoms with Gasteiger partial charge in [-0.05, 0) is 29.3 Å². The van der Waals surface area contributed by atoms with Gasteiger partial charge in [0.25, 0.3) is 11.8 Å². The molecule has 6 nitrogen and oxygen atoms in total. The molecule has 36 heavy (non-hydrogen) atoms. The monoisotopic (exact) mass is 506 g/mol. The average Bonchev–Trinajstić information content (AvgIpc) is 3.19. The van der Waals surface area contributed by atoms with Gasteiger partial charge in [-0.25, -0.2) is 8.78 Å². The quantitative estimate of drug-likeness (QED) is 0.514. The SMILES string of the molecule is N#CC1(c2ccccc2)CC(F)(F)CN1C(=O)CNC(=O)c1ccncc1C=Cc1ccc(Cl)cc1. The van der Waals surface area contributed by atoms with Crippen LogP contribution >= 0.6 is 11.6 Å². The van der Waals surface area contributed by atoms with Crippen molar-refractivity contribution in [1.29, 1.82) is 5.26 Å². The highest BCUT2D eigenvalue weighted by atomic mass is 35.5. The Balaban J connectivity index is 1.51. The molecule has 2 aromatic carbocycles. The van der Waals surface area contributed by atoms with E-state index in [1.54, 1.807) is 54.6 Å². The molecule has 0 radical (unpaired) electrons. The molecule has 3 aromatic rings. The molecule has 0 bridgehead atoms. The van der Waals surface area contributed by atoms with Gasteiger partial charge >= 0.3 is 0 Å². The fourth-order valence-electron chi connectivity index (χ4n) is 4.18. The number of nitrogens with one attached hydrogen (secondary N) is 1. The van der Waals surface area contributed by atoms with E-state index in [1.807, 2.05) is 18.2 Å². The molecule has 1 aliphatic rings. The third kappa shape index (κ3) is 5.26. The molecule has 182 valence electrons. The number of aromatic nitrogens is 1. The van der Waals surface area contributed by atoms with Gasteiger partial charge in [-0.3, -0.25) is 14.6 Å². The first-order chi connectivity index (χ1) is 17.2. The van der Waals surface area contributed by atoms with Crippen LogP contribution in [0.15, 0.2) is 73.1 Å². The van der Waals surface area contributed by atoms with Crippen LogP contribution in [-0.2, 0) is 10.3 Å². The van der Waals surface area contributed by atoms with Gasteiger partial charge in [0.15, 0.2) is 5.54 Å². The van der Waals surface area contributed by atoms with Crippen LogP contribution in [0.3, 0.4) is 0 Å². The van der Waals surface area contributed by atoms with Crippen LogP contribution in [0.4, 0.5) is 8.78 Å². The van der Waals surface area contributed by atoms with E-state index in [2.05, 4.69) is 10.3 Å². The predicted octanol–water partition coefficient (Wildman–Crippen LogP) is 4.92. The van der Waals surface area contributed by atoms with E-state index in [1.165, 1.54) is 18.5 Å². The van der Waals surface area contributed by atoms with Crippen LogP contribution in [0.5, 0.6) is 0 Å². The summed E-state index contributed by atoms with van der Waals surface area (Å²) in [6, 6.07) is 18.6. The molecule has 1 aliphatic heterocycles. The number of nitrogens with zero attached hydrogens (tertiary/aromatic N) is 3. The zero-order valence-electron chi connectivity index (χ0n) is 19.0. The molecule has 0 saturated carbocycles. The number of benzene rings is 2. The minimum atomic E-state index is -3.24. The first-order valence-electron chi connectivity index (χ1n) is 11.0. The van der Waals surface area contributed by atoms with Gasteiger partial charge in [0, 0.05) is 28.5 Å². The second-order valence-corrected chi connectivity index (χ2v) is 8.82. The molecule has 1 unspecified atom stereocenters. The molecule has 1 N–H and O–H groups in total. The second kappa shape index (κ2) is 10.3. The number of amides is 2. The summed E-state index contributed by atoms with van der Waals surface area (Å²) in [5.74, 6) is -4.59. The van der Waals surface area contributed by atoms with E-state index in [-0.39, 0.29) is 5.56 Å². The van der Waals surface area contributed by atoms with E-state index < -0.39 is 42.8 Å². The van der Waals surface area contributed by atoms with Crippen LogP contribution in [0.2, 0.25) is 5.02 Å². The second-order valence-electron chi connectivity index (χ2n) is 8.38. The van der Waals surface area contributed by atoms with Crippen LogP contribution in [-0.4, -0.2) is 40.7 Å². The van der Waals surface area contributed by atoms with Crippen molar-refractivity contribution < 1.29 is 18.4 Å². The molecular weight excluding hydrogens is 486 g/mol. The molecule has 1 aromatic heterocycles. The Kier molecular flexibility index (Phi) is 7.13. The Bertz CT molecular complexity index is 1340. The van der Waals surface area contributed by atoms with Crippen LogP contribution in [0, 0.1) is 11.3 Å². The highest BCUT2D eigenvalue weighted by Gasteiger charge is 2.58. The fourth-order valence-corrected chi connectivity index (χ4v) is 4.31. The summed E-state index contributed by atoms with van der Waals surface area (Å²) in [6.45, 7) is -1.46. The van der Waals surface area contributed by atoms with Crippen LogP contribution in [0.1, 0.15) is 33.5 Å². The van der Waals surface area contributed by atoms with Gasteiger partial charge in [0.1, 0.15) is 0 Å². The van der Waals surface area contributed by atoms with Crippen molar-refractivity contribution in [2.24, 2.45) is 0 Å². The molecule has 0 spiro atoms. The third-order valence-corrected chi connectivity index (χ3v) is 6.18. The Morgan fingerprint density at radius 2 is 1.83 bits per heavy atom. The number of halogens is 3. The third-order valence-electron chi connectivity index (χ3n) is 5.92. The van der Waals surface area contributed by atoms with Crippen molar-refractivity contribution in [3.05, 3.63) is 100 Å². The molecule has 1 saturated heterocycles. The number of alkyl halides is 2. The molecule has 9 heteroatoms. The normalized spacial score (nSPS) is 18.7. The number of nitriles is 1. The lowest BCUT2D eigenvalue weighted by Gasteiger charge is -2.32. The molecule has 4 rings (SSSR count). The van der Waals surface area contributed by atoms with Crippen LogP contribution in [0.25, 0.3) is 12.2 Å². The van der Waals surface area contributed by atoms with E-state index in [9.17, 15) is 23.6 Å². The number of likely N-dealkylation sites (tertiary alicyclic amines) is 1. The average molecular weight is 507 g/mol. The molecule has 1 fully saturated rings. The maximum atomic E-state index is 14.4. The highest BCUT2D eigenvalue weighted by molar-refractivity contribution is 6.30. The van der Waals surface area contributed by atoms with E-state index >= 15 is 0 Å². The Morgan fingerprint density at radius 3 is 2.53 bits per heavy atom. The number of rotatable bonds is 6. The van der Waals surface area contributed by atoms with Crippen molar-refractivity contribution in [1.82, 2.24) is 15.2 Å². The zero-order valence-corrected chi connectivity index (χ0v) is 19.8. The summed E-state index contributed by atoms with van der Waals surface area (Å²) < 4.78 is 28.9. The van der Waals surface area contributed by atoms with E-state index in [4.69, 9.17) is 11.6 Å². The first kappa shape index (κ1) is 25.0. The molecule has 2 heterocycles. The van der Waals surface area contributed by atoms with E-state index in [0.29, 0.717) is 16.1 Å². The lowest BCUT2D eigenvalue weighted by atomic mass is 9.88. The molecule has 1 atom stereocenters. The van der Waals surface area contributed by atoms with Crippen molar-refractivity contribution in [3.63, 3.8) is 0 Å². The van der Waals surface area contributed by atoms with Crippen molar-refractivity contribution in [2.75, 3.05) is 13.1 Å². The predicted molar refractivity (Wildman–Crippen MR) is 132 cm³/mol. The zero-order chi connectivity index (χ0) is 25.8. The van der Waals surface area contributed by atoms with Crippen LogP contribution < -0.4 is 5.32 Å². The summed E-state index contributed by atoms with van der Waals surface area (Å²) in [6.07, 6.45) is 5.60. The van der Waals surface area contributed by atoms with Gasteiger partial charge in [-0.2, -0.15) is 5.26 Å². The Hall–Kier alpha value is -4.09. The van der Waals surface area contributed by atoms with Gasteiger partial charge in [0.2, 0.25) is 5.91 Å². The van der Waals surface area contributed by atoms with Gasteiger partial charge in [-0.1, -0.05) is 66.2 Å². The summed E-state index contributed by atoms with van der Waals surface area (Å²) in [5, 5.41) is 13.0. The summed E-state index contributed by atoms with van der Waals surface area (Å²) >= 11 is 5.90. The minimum Gasteiger partial charge on any atom is -0.343 e. The summed E-state index contributed by atoms with van der Waals surface area (Å²) in [7, 11) is 0. The molecule has 2 amide bonds. The minimum absolute atomic E-state index is 0.254. The van der Waals surface area contributed by atoms with Crippen molar-refractivity contribution in [2.45, 2.75) is 17.9 Å². The highest BCUT2D eigenvalue weighted by Crippen LogP contribution is 2.45. The van der Waals surface area contributed by atoms with Crippen molar-refractivity contribution in [3.8, 4) is 6.07 Å². The number of carbonyl (C=O) groups is 2. The Morgan fingerprint density at radius 1 is 1.11 bits per heavy atom. The molecular formula is C27H21ClF2N4O2. The first-order valence-corrected chi connectivity index (χ1v) is 11.4. The standard InChI is InChI=1S/C27H21ClF2N4O2/c28-22-10-7-19(8-11-22)6-9-20-14-32-13-12-23(20)25(36)33-15-24(35)34-18-27(29,30)16-26(34,17-31)21-4-2-1-3-5-21/h1-14H,15-16,18H2,(H,33,36). The maximum absolute atomic E-state index is 14.4. The van der Waals surface area contributed by atoms with Gasteiger partial charge in [-0.15, -0.1) is 0 Å². The maximum Gasteiger partial charge on any atom is 0.269 e. The fraction of sp³-hybridized carbons (Fsp3) is 0.185. The molecule has 0 aliphatic carbocycles. The summed E-state index contributed by atoms with van der Waals surface area (Å²) in [4.78, 5) is 30.8. The lowest BCUT2D eigenvalue weighted by Crippen LogP contribution is -2.48. The van der Waals surface area contributed by atoms with E-state index in [0.717, 1.165) is 10.5 Å². The largest absolute Gasteiger partial charge is 0.343 e. The number of pyridine rings is 1.